The van der Waals surface area contributed by atoms with Crippen molar-refractivity contribution in [2.45, 2.75) is 13.5 Å². The third-order valence-electron chi connectivity index (χ3n) is 4.83. The summed E-state index contributed by atoms with van der Waals surface area (Å²) in [5, 5.41) is 0. The first-order valence-electron chi connectivity index (χ1n) is 9.65. The lowest BCUT2D eigenvalue weighted by molar-refractivity contribution is -0.132. The topological polar surface area (TPSA) is 42.0 Å². The maximum absolute atomic E-state index is 11.1. The Morgan fingerprint density at radius 2 is 1.71 bits per heavy atom. The second-order valence-corrected chi connectivity index (χ2v) is 6.97. The van der Waals surface area contributed by atoms with E-state index in [0.29, 0.717) is 11.5 Å². The number of carbonyl (C=O) groups is 1. The van der Waals surface area contributed by atoms with Crippen molar-refractivity contribution in [3.63, 3.8) is 0 Å². The lowest BCUT2D eigenvalue weighted by Crippen LogP contribution is -2.45. The SMILES string of the molecule is COc1cc(C=CCN2CCN(Cc3ccccc3)CC2)ccc1OC(C)=O. The molecule has 1 aliphatic rings. The number of benzene rings is 2. The molecule has 5 nitrogen and oxygen atoms in total. The second-order valence-electron chi connectivity index (χ2n) is 6.97. The summed E-state index contributed by atoms with van der Waals surface area (Å²) in [5.74, 6) is 0.654. The van der Waals surface area contributed by atoms with Gasteiger partial charge < -0.3 is 9.47 Å². The monoisotopic (exact) mass is 380 g/mol. The van der Waals surface area contributed by atoms with Gasteiger partial charge in [-0.15, -0.1) is 0 Å². The van der Waals surface area contributed by atoms with Crippen LogP contribution in [0.3, 0.4) is 0 Å². The van der Waals surface area contributed by atoms with Crippen LogP contribution in [0.4, 0.5) is 0 Å². The summed E-state index contributed by atoms with van der Waals surface area (Å²) in [6, 6.07) is 16.2. The molecule has 0 atom stereocenters. The van der Waals surface area contributed by atoms with Crippen LogP contribution in [0.5, 0.6) is 11.5 Å². The first-order chi connectivity index (χ1) is 13.6. The molecule has 1 fully saturated rings. The van der Waals surface area contributed by atoms with E-state index in [1.54, 1.807) is 13.2 Å². The van der Waals surface area contributed by atoms with Crippen LogP contribution in [-0.4, -0.2) is 55.6 Å². The van der Waals surface area contributed by atoms with Crippen LogP contribution in [0.25, 0.3) is 6.08 Å². The molecule has 5 heteroatoms. The molecule has 1 aliphatic heterocycles. The Hall–Kier alpha value is -2.63. The number of ether oxygens (including phenoxy) is 2. The summed E-state index contributed by atoms with van der Waals surface area (Å²) >= 11 is 0. The summed E-state index contributed by atoms with van der Waals surface area (Å²) in [4.78, 5) is 16.1. The summed E-state index contributed by atoms with van der Waals surface area (Å²) in [7, 11) is 1.57. The minimum atomic E-state index is -0.354. The minimum absolute atomic E-state index is 0.354. The van der Waals surface area contributed by atoms with Gasteiger partial charge in [-0.3, -0.25) is 14.6 Å². The molecule has 2 aromatic carbocycles. The van der Waals surface area contributed by atoms with E-state index in [9.17, 15) is 4.79 Å². The molecule has 0 N–H and O–H groups in total. The molecule has 0 bridgehead atoms. The van der Waals surface area contributed by atoms with Crippen molar-refractivity contribution < 1.29 is 14.3 Å². The molecule has 28 heavy (non-hydrogen) atoms. The Kier molecular flexibility index (Phi) is 7.23. The number of piperazine rings is 1. The lowest BCUT2D eigenvalue weighted by Gasteiger charge is -2.34. The van der Waals surface area contributed by atoms with Gasteiger partial charge in [0.2, 0.25) is 0 Å². The molecule has 1 heterocycles. The third-order valence-corrected chi connectivity index (χ3v) is 4.83. The molecule has 1 saturated heterocycles. The molecule has 3 rings (SSSR count). The molecule has 0 saturated carbocycles. The van der Waals surface area contributed by atoms with Crippen molar-refractivity contribution in [2.24, 2.45) is 0 Å². The van der Waals surface area contributed by atoms with Crippen molar-refractivity contribution in [1.82, 2.24) is 9.80 Å². The van der Waals surface area contributed by atoms with Gasteiger partial charge in [0.25, 0.3) is 0 Å². The normalized spacial score (nSPS) is 15.6. The molecule has 0 spiro atoms. The maximum atomic E-state index is 11.1. The van der Waals surface area contributed by atoms with Crippen molar-refractivity contribution in [1.29, 1.82) is 0 Å². The fourth-order valence-electron chi connectivity index (χ4n) is 3.34. The predicted molar refractivity (Wildman–Crippen MR) is 111 cm³/mol. The minimum Gasteiger partial charge on any atom is -0.493 e. The average Bonchev–Trinajstić information content (AvgIpc) is 2.71. The van der Waals surface area contributed by atoms with Crippen molar-refractivity contribution in [3.8, 4) is 11.5 Å². The number of rotatable bonds is 7. The van der Waals surface area contributed by atoms with E-state index < -0.39 is 0 Å². The molecular formula is C23H28N2O3. The molecule has 0 amide bonds. The van der Waals surface area contributed by atoms with E-state index in [0.717, 1.165) is 44.8 Å². The van der Waals surface area contributed by atoms with E-state index in [2.05, 4.69) is 52.3 Å². The largest absolute Gasteiger partial charge is 0.493 e. The fraction of sp³-hybridized carbons (Fsp3) is 0.348. The quantitative estimate of drug-likeness (QED) is 0.544. The van der Waals surface area contributed by atoms with Crippen LogP contribution in [0.15, 0.2) is 54.6 Å². The van der Waals surface area contributed by atoms with Gasteiger partial charge >= 0.3 is 5.97 Å². The zero-order valence-corrected chi connectivity index (χ0v) is 16.6. The number of esters is 1. The van der Waals surface area contributed by atoms with Gasteiger partial charge in [-0.1, -0.05) is 48.6 Å². The second kappa shape index (κ2) is 10.1. The smallest absolute Gasteiger partial charge is 0.308 e. The Morgan fingerprint density at radius 1 is 1.00 bits per heavy atom. The van der Waals surface area contributed by atoms with Gasteiger partial charge in [0, 0.05) is 46.2 Å². The number of hydrogen-bond acceptors (Lipinski definition) is 5. The first kappa shape index (κ1) is 20.1. The molecule has 0 unspecified atom stereocenters. The highest BCUT2D eigenvalue weighted by molar-refractivity contribution is 5.71. The van der Waals surface area contributed by atoms with Crippen LogP contribution >= 0.6 is 0 Å². The van der Waals surface area contributed by atoms with Crippen LogP contribution < -0.4 is 9.47 Å². The Labute approximate surface area is 167 Å². The maximum Gasteiger partial charge on any atom is 0.308 e. The Balaban J connectivity index is 1.47. The van der Waals surface area contributed by atoms with Crippen LogP contribution in [0, 0.1) is 0 Å². The van der Waals surface area contributed by atoms with E-state index in [1.807, 2.05) is 12.1 Å². The lowest BCUT2D eigenvalue weighted by atomic mass is 10.1. The number of carbonyl (C=O) groups excluding carboxylic acids is 1. The standard InChI is InChI=1S/C23H28N2O3/c1-19(26)28-22-11-10-20(17-23(22)27-2)9-6-12-24-13-15-25(16-14-24)18-21-7-4-3-5-8-21/h3-11,17H,12-16,18H2,1-2H3. The van der Waals surface area contributed by atoms with Crippen molar-refractivity contribution in [3.05, 3.63) is 65.7 Å². The Morgan fingerprint density at radius 3 is 2.39 bits per heavy atom. The zero-order chi connectivity index (χ0) is 19.8. The highest BCUT2D eigenvalue weighted by Gasteiger charge is 2.15. The molecule has 148 valence electrons. The fourth-order valence-corrected chi connectivity index (χ4v) is 3.34. The summed E-state index contributed by atoms with van der Waals surface area (Å²) < 4.78 is 10.5. The summed E-state index contributed by atoms with van der Waals surface area (Å²) in [6.07, 6.45) is 4.25. The molecular weight excluding hydrogens is 352 g/mol. The zero-order valence-electron chi connectivity index (χ0n) is 16.6. The van der Waals surface area contributed by atoms with Gasteiger partial charge in [-0.2, -0.15) is 0 Å². The Bertz CT molecular complexity index is 797. The van der Waals surface area contributed by atoms with E-state index in [1.165, 1.54) is 12.5 Å². The number of hydrogen-bond donors (Lipinski definition) is 0. The molecule has 0 radical (unpaired) electrons. The van der Waals surface area contributed by atoms with Crippen LogP contribution in [0.2, 0.25) is 0 Å². The average molecular weight is 380 g/mol. The van der Waals surface area contributed by atoms with E-state index >= 15 is 0 Å². The predicted octanol–water partition coefficient (Wildman–Crippen LogP) is 3.45. The third kappa shape index (κ3) is 5.94. The van der Waals surface area contributed by atoms with Gasteiger partial charge in [0.15, 0.2) is 11.5 Å². The van der Waals surface area contributed by atoms with E-state index in [4.69, 9.17) is 9.47 Å². The number of methoxy groups -OCH3 is 1. The van der Waals surface area contributed by atoms with Gasteiger partial charge in [0.1, 0.15) is 0 Å². The van der Waals surface area contributed by atoms with Gasteiger partial charge in [0.05, 0.1) is 7.11 Å². The first-order valence-corrected chi connectivity index (χ1v) is 9.65. The van der Waals surface area contributed by atoms with Crippen molar-refractivity contribution >= 4 is 12.0 Å². The highest BCUT2D eigenvalue weighted by Crippen LogP contribution is 2.28. The number of nitrogens with zero attached hydrogens (tertiary/aromatic N) is 2. The summed E-state index contributed by atoms with van der Waals surface area (Å²) in [6.45, 7) is 7.66. The van der Waals surface area contributed by atoms with Crippen LogP contribution in [0.1, 0.15) is 18.1 Å². The molecule has 2 aromatic rings. The van der Waals surface area contributed by atoms with Gasteiger partial charge in [-0.25, -0.2) is 0 Å². The van der Waals surface area contributed by atoms with Crippen molar-refractivity contribution in [2.75, 3.05) is 39.8 Å². The summed E-state index contributed by atoms with van der Waals surface area (Å²) in [5.41, 5.74) is 2.40. The molecule has 0 aromatic heterocycles. The van der Waals surface area contributed by atoms with Crippen LogP contribution in [-0.2, 0) is 11.3 Å². The molecule has 0 aliphatic carbocycles. The highest BCUT2D eigenvalue weighted by atomic mass is 16.6. The van der Waals surface area contributed by atoms with E-state index in [-0.39, 0.29) is 5.97 Å². The van der Waals surface area contributed by atoms with Gasteiger partial charge in [-0.05, 0) is 23.3 Å².